The Balaban J connectivity index is 2.46. The zero-order valence-electron chi connectivity index (χ0n) is 6.94. The summed E-state index contributed by atoms with van der Waals surface area (Å²) in [6, 6.07) is 0. The minimum absolute atomic E-state index is 0.0122. The van der Waals surface area contributed by atoms with Crippen LogP contribution in [0, 0.1) is 0 Å². The van der Waals surface area contributed by atoms with Crippen molar-refractivity contribution in [3.05, 3.63) is 6.33 Å². The summed E-state index contributed by atoms with van der Waals surface area (Å²) in [5, 5.41) is 6.31. The summed E-state index contributed by atoms with van der Waals surface area (Å²) in [6.07, 6.45) is 1.50. The summed E-state index contributed by atoms with van der Waals surface area (Å²) in [5.41, 5.74) is 0. The Bertz CT molecular complexity index is 270. The van der Waals surface area contributed by atoms with E-state index in [9.17, 15) is 4.79 Å². The van der Waals surface area contributed by atoms with Gasteiger partial charge in [0.15, 0.2) is 0 Å². The van der Waals surface area contributed by atoms with E-state index in [4.69, 9.17) is 0 Å². The maximum Gasteiger partial charge on any atom is 0.252 e. The normalized spacial score (nSPS) is 9.83. The fraction of sp³-hybridized carbons (Fsp3) is 0.500. The van der Waals surface area contributed by atoms with Gasteiger partial charge in [-0.2, -0.15) is 0 Å². The van der Waals surface area contributed by atoms with E-state index >= 15 is 0 Å². The number of hydrogen-bond donors (Lipinski definition) is 1. The molecule has 0 saturated heterocycles. The Labute approximate surface area is 69.5 Å². The number of carbonyl (C=O) groups is 1. The SMILES string of the molecule is COCC(=O)Nc1ncn(C)n1. The third kappa shape index (κ3) is 2.31. The van der Waals surface area contributed by atoms with Crippen molar-refractivity contribution in [3.8, 4) is 0 Å². The number of nitrogens with one attached hydrogen (secondary N) is 1. The zero-order chi connectivity index (χ0) is 8.97. The van der Waals surface area contributed by atoms with Gasteiger partial charge in [-0.15, -0.1) is 5.10 Å². The molecule has 1 aromatic rings. The van der Waals surface area contributed by atoms with Gasteiger partial charge in [-0.3, -0.25) is 14.8 Å². The second-order valence-electron chi connectivity index (χ2n) is 2.22. The van der Waals surface area contributed by atoms with Gasteiger partial charge in [0.25, 0.3) is 5.91 Å². The number of aromatic nitrogens is 3. The van der Waals surface area contributed by atoms with Crippen LogP contribution in [-0.2, 0) is 16.6 Å². The minimum atomic E-state index is -0.260. The molecule has 0 unspecified atom stereocenters. The van der Waals surface area contributed by atoms with Gasteiger partial charge in [-0.1, -0.05) is 0 Å². The van der Waals surface area contributed by atoms with Gasteiger partial charge >= 0.3 is 0 Å². The van der Waals surface area contributed by atoms with E-state index in [-0.39, 0.29) is 12.5 Å². The number of carbonyl (C=O) groups excluding carboxylic acids is 1. The summed E-state index contributed by atoms with van der Waals surface area (Å²) in [4.78, 5) is 14.7. The monoisotopic (exact) mass is 170 g/mol. The number of aryl methyl sites for hydroxylation is 1. The first kappa shape index (κ1) is 8.66. The highest BCUT2D eigenvalue weighted by Gasteiger charge is 2.03. The topological polar surface area (TPSA) is 69.0 Å². The van der Waals surface area contributed by atoms with Crippen molar-refractivity contribution in [3.63, 3.8) is 0 Å². The highest BCUT2D eigenvalue weighted by atomic mass is 16.5. The van der Waals surface area contributed by atoms with Gasteiger partial charge in [0.2, 0.25) is 5.95 Å². The van der Waals surface area contributed by atoms with Crippen molar-refractivity contribution < 1.29 is 9.53 Å². The molecule has 1 N–H and O–H groups in total. The Kier molecular flexibility index (Phi) is 2.76. The first-order valence-electron chi connectivity index (χ1n) is 3.37. The summed E-state index contributed by atoms with van der Waals surface area (Å²) >= 11 is 0. The molecule has 6 heteroatoms. The van der Waals surface area contributed by atoms with E-state index in [2.05, 4.69) is 20.1 Å². The van der Waals surface area contributed by atoms with Crippen LogP contribution >= 0.6 is 0 Å². The third-order valence-electron chi connectivity index (χ3n) is 1.13. The molecule has 0 saturated carbocycles. The number of ether oxygens (including phenoxy) is 1. The van der Waals surface area contributed by atoms with Crippen molar-refractivity contribution in [2.75, 3.05) is 19.0 Å². The number of hydrogen-bond acceptors (Lipinski definition) is 4. The van der Waals surface area contributed by atoms with Gasteiger partial charge in [-0.05, 0) is 0 Å². The van der Waals surface area contributed by atoms with Crippen LogP contribution in [0.5, 0.6) is 0 Å². The smallest absolute Gasteiger partial charge is 0.252 e. The van der Waals surface area contributed by atoms with E-state index in [0.717, 1.165) is 0 Å². The zero-order valence-corrected chi connectivity index (χ0v) is 6.94. The van der Waals surface area contributed by atoms with Crippen molar-refractivity contribution in [1.29, 1.82) is 0 Å². The lowest BCUT2D eigenvalue weighted by Gasteiger charge is -1.97. The van der Waals surface area contributed by atoms with Gasteiger partial charge in [0.1, 0.15) is 12.9 Å². The molecule has 0 aliphatic carbocycles. The molecule has 12 heavy (non-hydrogen) atoms. The molecule has 0 spiro atoms. The van der Waals surface area contributed by atoms with E-state index in [1.807, 2.05) is 0 Å². The molecule has 0 radical (unpaired) electrons. The van der Waals surface area contributed by atoms with E-state index in [1.165, 1.54) is 18.1 Å². The fourth-order valence-electron chi connectivity index (χ4n) is 0.688. The first-order valence-corrected chi connectivity index (χ1v) is 3.37. The molecular weight excluding hydrogens is 160 g/mol. The summed E-state index contributed by atoms with van der Waals surface area (Å²) in [6.45, 7) is 0.0122. The maximum absolute atomic E-state index is 10.9. The third-order valence-corrected chi connectivity index (χ3v) is 1.13. The van der Waals surface area contributed by atoms with Crippen LogP contribution in [-0.4, -0.2) is 34.4 Å². The average Bonchev–Trinajstić information content (AvgIpc) is 2.36. The predicted octanol–water partition coefficient (Wildman–Crippen LogP) is -0.600. The molecule has 0 aliphatic heterocycles. The lowest BCUT2D eigenvalue weighted by molar-refractivity contribution is -0.119. The molecule has 6 nitrogen and oxygen atoms in total. The molecular formula is C6H10N4O2. The van der Waals surface area contributed by atoms with Crippen molar-refractivity contribution in [2.45, 2.75) is 0 Å². The first-order chi connectivity index (χ1) is 5.72. The number of rotatable bonds is 3. The van der Waals surface area contributed by atoms with E-state index in [1.54, 1.807) is 7.05 Å². The molecule has 1 heterocycles. The standard InChI is InChI=1S/C6H10N4O2/c1-10-4-7-6(9-10)8-5(11)3-12-2/h4H,3H2,1-2H3,(H,8,9,11). The maximum atomic E-state index is 10.9. The van der Waals surface area contributed by atoms with Crippen molar-refractivity contribution in [2.24, 2.45) is 7.05 Å². The minimum Gasteiger partial charge on any atom is -0.375 e. The predicted molar refractivity (Wildman–Crippen MR) is 41.5 cm³/mol. The van der Waals surface area contributed by atoms with Crippen LogP contribution in [0.3, 0.4) is 0 Å². The van der Waals surface area contributed by atoms with E-state index in [0.29, 0.717) is 5.95 Å². The van der Waals surface area contributed by atoms with Crippen molar-refractivity contribution in [1.82, 2.24) is 14.8 Å². The highest BCUT2D eigenvalue weighted by molar-refractivity contribution is 5.89. The molecule has 66 valence electrons. The quantitative estimate of drug-likeness (QED) is 0.657. The fourth-order valence-corrected chi connectivity index (χ4v) is 0.688. The van der Waals surface area contributed by atoms with Crippen LogP contribution in [0.4, 0.5) is 5.95 Å². The van der Waals surface area contributed by atoms with Crippen molar-refractivity contribution >= 4 is 11.9 Å². The van der Waals surface area contributed by atoms with Crippen LogP contribution in [0.25, 0.3) is 0 Å². The van der Waals surface area contributed by atoms with Gasteiger partial charge in [0.05, 0.1) is 0 Å². The van der Waals surface area contributed by atoms with Crippen LogP contribution in [0.1, 0.15) is 0 Å². The molecule has 0 fully saturated rings. The molecule has 0 bridgehead atoms. The molecule has 0 aliphatic rings. The second-order valence-corrected chi connectivity index (χ2v) is 2.22. The van der Waals surface area contributed by atoms with Gasteiger partial charge in [-0.25, -0.2) is 4.98 Å². The van der Waals surface area contributed by atoms with Gasteiger partial charge < -0.3 is 4.74 Å². The Morgan fingerprint density at radius 1 is 1.83 bits per heavy atom. The second kappa shape index (κ2) is 3.82. The van der Waals surface area contributed by atoms with Gasteiger partial charge in [0, 0.05) is 14.2 Å². The Morgan fingerprint density at radius 3 is 3.08 bits per heavy atom. The summed E-state index contributed by atoms with van der Waals surface area (Å²) < 4.78 is 6.11. The largest absolute Gasteiger partial charge is 0.375 e. The summed E-state index contributed by atoms with van der Waals surface area (Å²) in [7, 11) is 3.17. The number of nitrogens with zero attached hydrogens (tertiary/aromatic N) is 3. The van der Waals surface area contributed by atoms with Crippen LogP contribution in [0.2, 0.25) is 0 Å². The molecule has 1 amide bonds. The molecule has 1 aromatic heterocycles. The molecule has 0 aromatic carbocycles. The lowest BCUT2D eigenvalue weighted by Crippen LogP contribution is -2.18. The molecule has 0 atom stereocenters. The van der Waals surface area contributed by atoms with Crippen LogP contribution in [0.15, 0.2) is 6.33 Å². The van der Waals surface area contributed by atoms with E-state index < -0.39 is 0 Å². The Hall–Kier alpha value is -1.43. The summed E-state index contributed by atoms with van der Waals surface area (Å²) in [5.74, 6) is 0.0308. The lowest BCUT2D eigenvalue weighted by atomic mass is 10.6. The number of methoxy groups -OCH3 is 1. The molecule has 1 rings (SSSR count). The highest BCUT2D eigenvalue weighted by Crippen LogP contribution is 1.93. The average molecular weight is 170 g/mol. The number of anilines is 1. The Morgan fingerprint density at radius 2 is 2.58 bits per heavy atom. The number of amides is 1. The van der Waals surface area contributed by atoms with Crippen LogP contribution < -0.4 is 5.32 Å².